The molecule has 1 aliphatic rings. The topological polar surface area (TPSA) is 98.5 Å². The van der Waals surface area contributed by atoms with Crippen LogP contribution in [0.1, 0.15) is 12.0 Å². The highest BCUT2D eigenvalue weighted by molar-refractivity contribution is 7.89. The third kappa shape index (κ3) is 3.70. The van der Waals surface area contributed by atoms with E-state index in [1.807, 2.05) is 0 Å². The largest absolute Gasteiger partial charge is 0.381 e. The third-order valence-corrected chi connectivity index (χ3v) is 5.18. The van der Waals surface area contributed by atoms with Crippen molar-refractivity contribution in [1.29, 1.82) is 0 Å². The first-order valence-electron chi connectivity index (χ1n) is 6.33. The van der Waals surface area contributed by atoms with E-state index in [0.29, 0.717) is 18.8 Å². The summed E-state index contributed by atoms with van der Waals surface area (Å²) in [6, 6.07) is 2.28. The number of nitro benzene ring substituents is 1. The molecule has 21 heavy (non-hydrogen) atoms. The van der Waals surface area contributed by atoms with E-state index in [2.05, 4.69) is 4.72 Å². The van der Waals surface area contributed by atoms with Gasteiger partial charge in [-0.3, -0.25) is 10.1 Å². The Bertz CT molecular complexity index is 656. The van der Waals surface area contributed by atoms with Crippen molar-refractivity contribution in [2.75, 3.05) is 19.8 Å². The Hall–Kier alpha value is -1.22. The summed E-state index contributed by atoms with van der Waals surface area (Å²) in [4.78, 5) is 10.0. The van der Waals surface area contributed by atoms with Gasteiger partial charge in [-0.25, -0.2) is 13.1 Å². The van der Waals surface area contributed by atoms with Crippen LogP contribution in [0.2, 0.25) is 5.02 Å². The van der Waals surface area contributed by atoms with Gasteiger partial charge in [0.25, 0.3) is 5.69 Å². The molecule has 0 radical (unpaired) electrons. The van der Waals surface area contributed by atoms with Crippen LogP contribution in [0.15, 0.2) is 17.0 Å². The van der Waals surface area contributed by atoms with Gasteiger partial charge in [0.05, 0.1) is 16.4 Å². The molecule has 1 N–H and O–H groups in total. The average Bonchev–Trinajstić information content (AvgIpc) is 2.88. The SMILES string of the molecule is Cc1cc(Cl)c([N+](=O)[O-])cc1S(=O)(=O)NCC1CCOC1. The minimum Gasteiger partial charge on any atom is -0.381 e. The second-order valence-electron chi connectivity index (χ2n) is 4.91. The number of hydrogen-bond acceptors (Lipinski definition) is 5. The molecule has 0 aliphatic carbocycles. The lowest BCUT2D eigenvalue weighted by Gasteiger charge is -2.12. The molecule has 0 bridgehead atoms. The standard InChI is InChI=1S/C12H15ClN2O5S/c1-8-4-10(13)11(15(16)17)5-12(8)21(18,19)14-6-9-2-3-20-7-9/h4-5,9,14H,2-3,6-7H2,1H3. The number of hydrogen-bond donors (Lipinski definition) is 1. The maximum Gasteiger partial charge on any atom is 0.289 e. The fourth-order valence-corrected chi connectivity index (χ4v) is 3.77. The molecule has 1 aliphatic heterocycles. The van der Waals surface area contributed by atoms with Crippen molar-refractivity contribution < 1.29 is 18.1 Å². The lowest BCUT2D eigenvalue weighted by molar-refractivity contribution is -0.384. The molecule has 1 atom stereocenters. The number of benzene rings is 1. The van der Waals surface area contributed by atoms with Gasteiger partial charge in [0.1, 0.15) is 5.02 Å². The summed E-state index contributed by atoms with van der Waals surface area (Å²) in [5.74, 6) is 0.127. The molecule has 1 aromatic carbocycles. The number of rotatable bonds is 5. The van der Waals surface area contributed by atoms with E-state index in [9.17, 15) is 18.5 Å². The smallest absolute Gasteiger partial charge is 0.289 e. The lowest BCUT2D eigenvalue weighted by Crippen LogP contribution is -2.30. The predicted molar refractivity (Wildman–Crippen MR) is 77.0 cm³/mol. The molecule has 116 valence electrons. The Morgan fingerprint density at radius 3 is 2.81 bits per heavy atom. The highest BCUT2D eigenvalue weighted by atomic mass is 35.5. The molecule has 0 aromatic heterocycles. The summed E-state index contributed by atoms with van der Waals surface area (Å²) in [5, 5.41) is 10.8. The van der Waals surface area contributed by atoms with Crippen LogP contribution < -0.4 is 4.72 Å². The van der Waals surface area contributed by atoms with Gasteiger partial charge in [-0.1, -0.05) is 11.6 Å². The second kappa shape index (κ2) is 6.27. The first-order chi connectivity index (χ1) is 9.81. The van der Waals surface area contributed by atoms with E-state index < -0.39 is 20.6 Å². The van der Waals surface area contributed by atoms with Crippen LogP contribution in [0.4, 0.5) is 5.69 Å². The number of halogens is 1. The van der Waals surface area contributed by atoms with Gasteiger partial charge in [-0.05, 0) is 30.9 Å². The van der Waals surface area contributed by atoms with Gasteiger partial charge >= 0.3 is 0 Å². The number of ether oxygens (including phenoxy) is 1. The summed E-state index contributed by atoms with van der Waals surface area (Å²) >= 11 is 5.75. The second-order valence-corrected chi connectivity index (χ2v) is 7.05. The first kappa shape index (κ1) is 16.2. The van der Waals surface area contributed by atoms with Crippen LogP contribution in [-0.4, -0.2) is 33.1 Å². The van der Waals surface area contributed by atoms with Gasteiger partial charge in [0.15, 0.2) is 0 Å². The quantitative estimate of drug-likeness (QED) is 0.654. The molecule has 2 rings (SSSR count). The van der Waals surface area contributed by atoms with Crippen molar-refractivity contribution >= 4 is 27.3 Å². The van der Waals surface area contributed by atoms with Crippen molar-refractivity contribution in [3.8, 4) is 0 Å². The molecule has 1 saturated heterocycles. The number of sulfonamides is 1. The van der Waals surface area contributed by atoms with E-state index in [4.69, 9.17) is 16.3 Å². The number of nitro groups is 1. The molecular weight excluding hydrogens is 320 g/mol. The molecule has 1 fully saturated rings. The third-order valence-electron chi connectivity index (χ3n) is 3.32. The van der Waals surface area contributed by atoms with Crippen molar-refractivity contribution in [3.05, 3.63) is 32.8 Å². The van der Waals surface area contributed by atoms with Crippen molar-refractivity contribution in [1.82, 2.24) is 4.72 Å². The number of nitrogens with one attached hydrogen (secondary N) is 1. The molecule has 1 heterocycles. The molecule has 0 spiro atoms. The minimum absolute atomic E-state index is 0.0827. The zero-order valence-corrected chi connectivity index (χ0v) is 12.9. The highest BCUT2D eigenvalue weighted by Gasteiger charge is 2.25. The zero-order valence-electron chi connectivity index (χ0n) is 11.3. The monoisotopic (exact) mass is 334 g/mol. The summed E-state index contributed by atoms with van der Waals surface area (Å²) in [6.07, 6.45) is 0.794. The highest BCUT2D eigenvalue weighted by Crippen LogP contribution is 2.30. The van der Waals surface area contributed by atoms with Gasteiger partial charge in [0, 0.05) is 19.2 Å². The van der Waals surface area contributed by atoms with E-state index in [1.165, 1.54) is 6.07 Å². The molecular formula is C12H15ClN2O5S. The zero-order chi connectivity index (χ0) is 15.6. The van der Waals surface area contributed by atoms with Crippen molar-refractivity contribution in [3.63, 3.8) is 0 Å². The fraction of sp³-hybridized carbons (Fsp3) is 0.500. The normalized spacial score (nSPS) is 18.9. The minimum atomic E-state index is -3.82. The summed E-state index contributed by atoms with van der Waals surface area (Å²) < 4.78 is 32.2. The van der Waals surface area contributed by atoms with Crippen LogP contribution in [-0.2, 0) is 14.8 Å². The van der Waals surface area contributed by atoms with E-state index in [1.54, 1.807) is 6.92 Å². The summed E-state index contributed by atoms with van der Waals surface area (Å²) in [7, 11) is -3.82. The fourth-order valence-electron chi connectivity index (χ4n) is 2.12. The Balaban J connectivity index is 2.26. The van der Waals surface area contributed by atoms with E-state index >= 15 is 0 Å². The maximum absolute atomic E-state index is 12.3. The van der Waals surface area contributed by atoms with Gasteiger partial charge in [-0.15, -0.1) is 0 Å². The van der Waals surface area contributed by atoms with Crippen LogP contribution in [0.3, 0.4) is 0 Å². The van der Waals surface area contributed by atoms with Gasteiger partial charge < -0.3 is 4.74 Å². The molecule has 0 amide bonds. The van der Waals surface area contributed by atoms with Gasteiger partial charge in [-0.2, -0.15) is 0 Å². The molecule has 1 unspecified atom stereocenters. The Morgan fingerprint density at radius 1 is 1.52 bits per heavy atom. The van der Waals surface area contributed by atoms with Crippen LogP contribution in [0.25, 0.3) is 0 Å². The molecule has 0 saturated carbocycles. The summed E-state index contributed by atoms with van der Waals surface area (Å²) in [6.45, 7) is 2.93. The van der Waals surface area contributed by atoms with Crippen molar-refractivity contribution in [2.24, 2.45) is 5.92 Å². The maximum atomic E-state index is 12.3. The van der Waals surface area contributed by atoms with Crippen LogP contribution >= 0.6 is 11.6 Å². The summed E-state index contributed by atoms with van der Waals surface area (Å²) in [5.41, 5.74) is -0.0624. The average molecular weight is 335 g/mol. The van der Waals surface area contributed by atoms with Crippen LogP contribution in [0, 0.1) is 23.0 Å². The Morgan fingerprint density at radius 2 is 2.24 bits per heavy atom. The number of aryl methyl sites for hydroxylation is 1. The van der Waals surface area contributed by atoms with E-state index in [-0.39, 0.29) is 22.4 Å². The van der Waals surface area contributed by atoms with E-state index in [0.717, 1.165) is 12.5 Å². The molecule has 9 heteroatoms. The molecule has 1 aromatic rings. The van der Waals surface area contributed by atoms with Crippen molar-refractivity contribution in [2.45, 2.75) is 18.2 Å². The Kier molecular flexibility index (Phi) is 4.82. The number of nitrogens with zero attached hydrogens (tertiary/aromatic N) is 1. The van der Waals surface area contributed by atoms with Gasteiger partial charge in [0.2, 0.25) is 10.0 Å². The first-order valence-corrected chi connectivity index (χ1v) is 8.19. The Labute approximate surface area is 127 Å². The lowest BCUT2D eigenvalue weighted by atomic mass is 10.1. The molecule has 7 nitrogen and oxygen atoms in total. The predicted octanol–water partition coefficient (Wildman–Crippen LogP) is 1.87. The van der Waals surface area contributed by atoms with Crippen LogP contribution in [0.5, 0.6) is 0 Å².